The van der Waals surface area contributed by atoms with E-state index in [1.54, 1.807) is 0 Å². The summed E-state index contributed by atoms with van der Waals surface area (Å²) in [6, 6.07) is 13.4. The zero-order valence-electron chi connectivity index (χ0n) is 11.2. The van der Waals surface area contributed by atoms with Crippen molar-refractivity contribution in [2.75, 3.05) is 0 Å². The molecule has 5 heteroatoms. The number of hydrogen-bond acceptors (Lipinski definition) is 4. The van der Waals surface area contributed by atoms with E-state index in [9.17, 15) is 0 Å². The Morgan fingerprint density at radius 1 is 1.05 bits per heavy atom. The van der Waals surface area contributed by atoms with Gasteiger partial charge in [0.15, 0.2) is 5.76 Å². The molecule has 21 heavy (non-hydrogen) atoms. The standard InChI is InChI=1S/C16H12ClNOS2/c1-9-2-7-12(13(20)8-9)14-15(19-16(21)18-14)10-3-5-11(17)6-4-10/h2-8,20H,1H3,(H,18,21). The van der Waals surface area contributed by atoms with Gasteiger partial charge in [0.2, 0.25) is 0 Å². The highest BCUT2D eigenvalue weighted by molar-refractivity contribution is 7.80. The Morgan fingerprint density at radius 3 is 2.43 bits per heavy atom. The quantitative estimate of drug-likeness (QED) is 0.601. The fraction of sp³-hybridized carbons (Fsp3) is 0.0625. The fourth-order valence-electron chi connectivity index (χ4n) is 2.13. The van der Waals surface area contributed by atoms with Crippen LogP contribution in [0.25, 0.3) is 22.6 Å². The Balaban J connectivity index is 2.17. The predicted molar refractivity (Wildman–Crippen MR) is 91.6 cm³/mol. The highest BCUT2D eigenvalue weighted by atomic mass is 35.5. The van der Waals surface area contributed by atoms with Crippen molar-refractivity contribution in [3.8, 4) is 22.6 Å². The van der Waals surface area contributed by atoms with Crippen molar-refractivity contribution in [3.63, 3.8) is 0 Å². The number of nitrogens with zero attached hydrogens (tertiary/aromatic N) is 1. The molecule has 0 aliphatic carbocycles. The number of thiol groups is 2. The van der Waals surface area contributed by atoms with E-state index >= 15 is 0 Å². The first-order valence-electron chi connectivity index (χ1n) is 6.30. The first-order chi connectivity index (χ1) is 10.0. The molecule has 2 aromatic carbocycles. The van der Waals surface area contributed by atoms with Crippen LogP contribution in [0.2, 0.25) is 5.02 Å². The molecule has 0 atom stereocenters. The number of halogens is 1. The molecule has 0 amide bonds. The molecule has 0 aliphatic rings. The van der Waals surface area contributed by atoms with Gasteiger partial charge in [0.25, 0.3) is 5.22 Å². The SMILES string of the molecule is Cc1ccc(-c2nc(S)oc2-c2ccc(Cl)cc2)c(S)c1. The second-order valence-corrected chi connectivity index (χ2v) is 6.00. The van der Waals surface area contributed by atoms with Crippen molar-refractivity contribution >= 4 is 36.9 Å². The molecule has 0 spiro atoms. The summed E-state index contributed by atoms with van der Waals surface area (Å²) in [5.41, 5.74) is 3.69. The monoisotopic (exact) mass is 333 g/mol. The predicted octanol–water partition coefficient (Wildman–Crippen LogP) is 5.55. The smallest absolute Gasteiger partial charge is 0.253 e. The van der Waals surface area contributed by atoms with E-state index in [-0.39, 0.29) is 0 Å². The third-order valence-electron chi connectivity index (χ3n) is 3.13. The highest BCUT2D eigenvalue weighted by Gasteiger charge is 2.17. The molecule has 0 N–H and O–H groups in total. The third kappa shape index (κ3) is 2.98. The van der Waals surface area contributed by atoms with Crippen molar-refractivity contribution in [2.24, 2.45) is 0 Å². The van der Waals surface area contributed by atoms with E-state index in [0.29, 0.717) is 16.0 Å². The van der Waals surface area contributed by atoms with Gasteiger partial charge in [0, 0.05) is 21.0 Å². The summed E-state index contributed by atoms with van der Waals surface area (Å²) in [6.07, 6.45) is 0. The van der Waals surface area contributed by atoms with Gasteiger partial charge in [-0.25, -0.2) is 4.98 Å². The molecule has 0 radical (unpaired) electrons. The molecule has 0 fully saturated rings. The summed E-state index contributed by atoms with van der Waals surface area (Å²) < 4.78 is 5.66. The normalized spacial score (nSPS) is 10.9. The molecule has 0 saturated heterocycles. The summed E-state index contributed by atoms with van der Waals surface area (Å²) >= 11 is 14.7. The average molecular weight is 334 g/mol. The summed E-state index contributed by atoms with van der Waals surface area (Å²) in [5, 5.41) is 0.999. The van der Waals surface area contributed by atoms with Crippen LogP contribution >= 0.6 is 36.9 Å². The van der Waals surface area contributed by atoms with Crippen LogP contribution in [0.3, 0.4) is 0 Å². The van der Waals surface area contributed by atoms with Gasteiger partial charge in [0.05, 0.1) is 0 Å². The van der Waals surface area contributed by atoms with Crippen LogP contribution in [-0.2, 0) is 0 Å². The van der Waals surface area contributed by atoms with Gasteiger partial charge in [0.1, 0.15) is 5.69 Å². The first-order valence-corrected chi connectivity index (χ1v) is 7.57. The van der Waals surface area contributed by atoms with E-state index in [4.69, 9.17) is 16.0 Å². The summed E-state index contributed by atoms with van der Waals surface area (Å²) in [6.45, 7) is 2.02. The molecule has 0 aliphatic heterocycles. The fourth-order valence-corrected chi connectivity index (χ4v) is 2.83. The van der Waals surface area contributed by atoms with Crippen LogP contribution in [0.4, 0.5) is 0 Å². The Kier molecular flexibility index (Phi) is 4.02. The highest BCUT2D eigenvalue weighted by Crippen LogP contribution is 2.37. The molecular formula is C16H12ClNOS2. The lowest BCUT2D eigenvalue weighted by Gasteiger charge is -2.05. The number of hydrogen-bond donors (Lipinski definition) is 2. The molecule has 106 valence electrons. The molecular weight excluding hydrogens is 322 g/mol. The van der Waals surface area contributed by atoms with Crippen molar-refractivity contribution in [2.45, 2.75) is 17.0 Å². The Morgan fingerprint density at radius 2 is 1.76 bits per heavy atom. The van der Waals surface area contributed by atoms with Crippen LogP contribution < -0.4 is 0 Å². The molecule has 0 saturated carbocycles. The summed E-state index contributed by atoms with van der Waals surface area (Å²) in [7, 11) is 0. The van der Waals surface area contributed by atoms with Crippen LogP contribution in [0.1, 0.15) is 5.56 Å². The summed E-state index contributed by atoms with van der Waals surface area (Å²) in [5.74, 6) is 0.663. The van der Waals surface area contributed by atoms with E-state index in [1.807, 2.05) is 49.4 Å². The molecule has 1 heterocycles. The number of benzene rings is 2. The van der Waals surface area contributed by atoms with Crippen molar-refractivity contribution in [1.82, 2.24) is 4.98 Å². The van der Waals surface area contributed by atoms with Gasteiger partial charge in [-0.1, -0.05) is 36.4 Å². The zero-order chi connectivity index (χ0) is 15.0. The second kappa shape index (κ2) is 5.79. The van der Waals surface area contributed by atoms with Gasteiger partial charge < -0.3 is 4.42 Å². The van der Waals surface area contributed by atoms with Crippen LogP contribution in [0.15, 0.2) is 57.0 Å². The number of rotatable bonds is 2. The molecule has 0 unspecified atom stereocenters. The number of oxazole rings is 1. The zero-order valence-corrected chi connectivity index (χ0v) is 13.7. The van der Waals surface area contributed by atoms with Gasteiger partial charge in [-0.2, -0.15) is 0 Å². The minimum absolute atomic E-state index is 0.322. The molecule has 3 aromatic rings. The third-order valence-corrected chi connectivity index (χ3v) is 3.94. The Hall–Kier alpha value is -1.36. The maximum absolute atomic E-state index is 5.93. The lowest BCUT2D eigenvalue weighted by molar-refractivity contribution is 0.468. The van der Waals surface area contributed by atoms with E-state index < -0.39 is 0 Å². The van der Waals surface area contributed by atoms with E-state index in [1.165, 1.54) is 0 Å². The lowest BCUT2D eigenvalue weighted by atomic mass is 10.0. The van der Waals surface area contributed by atoms with E-state index in [0.717, 1.165) is 27.3 Å². The maximum Gasteiger partial charge on any atom is 0.253 e. The largest absolute Gasteiger partial charge is 0.431 e. The molecule has 3 rings (SSSR count). The van der Waals surface area contributed by atoms with Gasteiger partial charge in [-0.3, -0.25) is 0 Å². The topological polar surface area (TPSA) is 26.0 Å². The molecule has 2 nitrogen and oxygen atoms in total. The van der Waals surface area contributed by atoms with E-state index in [2.05, 4.69) is 30.2 Å². The number of aryl methyl sites for hydroxylation is 1. The van der Waals surface area contributed by atoms with Gasteiger partial charge in [-0.15, -0.1) is 12.6 Å². The van der Waals surface area contributed by atoms with Gasteiger partial charge in [-0.05, 0) is 42.8 Å². The Labute approximate surface area is 139 Å². The van der Waals surface area contributed by atoms with Crippen molar-refractivity contribution < 1.29 is 4.42 Å². The van der Waals surface area contributed by atoms with Crippen LogP contribution in [0.5, 0.6) is 0 Å². The van der Waals surface area contributed by atoms with Crippen LogP contribution in [-0.4, -0.2) is 4.98 Å². The Bertz CT molecular complexity index is 797. The minimum atomic E-state index is 0.322. The maximum atomic E-state index is 5.93. The lowest BCUT2D eigenvalue weighted by Crippen LogP contribution is -1.85. The minimum Gasteiger partial charge on any atom is -0.431 e. The first kappa shape index (κ1) is 14.6. The second-order valence-electron chi connectivity index (χ2n) is 4.70. The van der Waals surface area contributed by atoms with Crippen molar-refractivity contribution in [1.29, 1.82) is 0 Å². The van der Waals surface area contributed by atoms with Gasteiger partial charge >= 0.3 is 0 Å². The van der Waals surface area contributed by atoms with Crippen molar-refractivity contribution in [3.05, 3.63) is 53.1 Å². The number of aromatic nitrogens is 1. The molecule has 0 bridgehead atoms. The molecule has 1 aromatic heterocycles. The average Bonchev–Trinajstić information content (AvgIpc) is 2.81. The van der Waals surface area contributed by atoms with Crippen LogP contribution in [0, 0.1) is 6.92 Å². The summed E-state index contributed by atoms with van der Waals surface area (Å²) in [4.78, 5) is 5.24.